The van der Waals surface area contributed by atoms with Crippen LogP contribution in [0.1, 0.15) is 30.9 Å². The predicted molar refractivity (Wildman–Crippen MR) is 72.5 cm³/mol. The molecule has 0 aliphatic heterocycles. The SMILES string of the molecule is CCNC1(C(F)F)C2CCC1Cc1ccccc1C2. The minimum Gasteiger partial charge on any atom is -0.306 e. The zero-order chi connectivity index (χ0) is 13.5. The van der Waals surface area contributed by atoms with Crippen LogP contribution in [-0.2, 0) is 12.8 Å². The summed E-state index contributed by atoms with van der Waals surface area (Å²) in [7, 11) is 0. The van der Waals surface area contributed by atoms with Gasteiger partial charge in [-0.1, -0.05) is 31.2 Å². The van der Waals surface area contributed by atoms with Crippen molar-refractivity contribution >= 4 is 0 Å². The lowest BCUT2D eigenvalue weighted by Gasteiger charge is -2.39. The number of halogens is 2. The molecule has 1 nitrogen and oxygen atoms in total. The van der Waals surface area contributed by atoms with Crippen molar-refractivity contribution in [2.75, 3.05) is 6.54 Å². The fourth-order valence-electron chi connectivity index (χ4n) is 4.27. The molecule has 2 aliphatic rings. The maximum Gasteiger partial charge on any atom is 0.257 e. The van der Waals surface area contributed by atoms with Crippen molar-refractivity contribution in [3.05, 3.63) is 35.4 Å². The second-order valence-electron chi connectivity index (χ2n) is 5.91. The highest BCUT2D eigenvalue weighted by Crippen LogP contribution is 2.49. The quantitative estimate of drug-likeness (QED) is 0.883. The van der Waals surface area contributed by atoms with Gasteiger partial charge in [-0.15, -0.1) is 0 Å². The van der Waals surface area contributed by atoms with Crippen LogP contribution in [-0.4, -0.2) is 18.5 Å². The minimum absolute atomic E-state index is 0.0705. The molecule has 0 radical (unpaired) electrons. The first-order valence-corrected chi connectivity index (χ1v) is 7.28. The van der Waals surface area contributed by atoms with E-state index in [0.29, 0.717) is 6.54 Å². The number of rotatable bonds is 3. The number of hydrogen-bond donors (Lipinski definition) is 1. The summed E-state index contributed by atoms with van der Waals surface area (Å²) in [6, 6.07) is 8.26. The second kappa shape index (κ2) is 4.86. The van der Waals surface area contributed by atoms with Gasteiger partial charge < -0.3 is 5.32 Å². The van der Waals surface area contributed by atoms with Crippen molar-refractivity contribution in [3.63, 3.8) is 0 Å². The van der Waals surface area contributed by atoms with E-state index >= 15 is 0 Å². The fourth-order valence-corrected chi connectivity index (χ4v) is 4.27. The highest BCUT2D eigenvalue weighted by atomic mass is 19.3. The monoisotopic (exact) mass is 265 g/mol. The Balaban J connectivity index is 2.02. The summed E-state index contributed by atoms with van der Waals surface area (Å²) in [5.41, 5.74) is 1.59. The number of hydrogen-bond acceptors (Lipinski definition) is 1. The summed E-state index contributed by atoms with van der Waals surface area (Å²) in [6.07, 6.45) is 1.17. The Hall–Kier alpha value is -0.960. The molecule has 1 aromatic rings. The van der Waals surface area contributed by atoms with Crippen LogP contribution in [0.4, 0.5) is 8.78 Å². The number of nitrogens with one attached hydrogen (secondary N) is 1. The van der Waals surface area contributed by atoms with Gasteiger partial charge in [0.2, 0.25) is 0 Å². The summed E-state index contributed by atoms with van der Waals surface area (Å²) in [5, 5.41) is 3.18. The van der Waals surface area contributed by atoms with Gasteiger partial charge in [0.15, 0.2) is 0 Å². The van der Waals surface area contributed by atoms with Crippen molar-refractivity contribution in [1.29, 1.82) is 0 Å². The lowest BCUT2D eigenvalue weighted by Crippen LogP contribution is -2.58. The van der Waals surface area contributed by atoms with Crippen LogP contribution >= 0.6 is 0 Å². The summed E-state index contributed by atoms with van der Waals surface area (Å²) >= 11 is 0. The van der Waals surface area contributed by atoms with E-state index in [1.54, 1.807) is 0 Å². The van der Waals surface area contributed by atoms with Crippen LogP contribution in [0.3, 0.4) is 0 Å². The second-order valence-corrected chi connectivity index (χ2v) is 5.91. The van der Waals surface area contributed by atoms with E-state index in [4.69, 9.17) is 0 Å². The number of fused-ring (bicyclic) bond motifs is 3. The third-order valence-corrected chi connectivity index (χ3v) is 5.11. The largest absolute Gasteiger partial charge is 0.306 e. The van der Waals surface area contributed by atoms with E-state index in [9.17, 15) is 8.78 Å². The molecule has 1 fully saturated rings. The molecule has 1 saturated carbocycles. The van der Waals surface area contributed by atoms with E-state index in [-0.39, 0.29) is 11.8 Å². The molecule has 0 amide bonds. The highest BCUT2D eigenvalue weighted by molar-refractivity contribution is 5.32. The molecule has 0 spiro atoms. The maximum absolute atomic E-state index is 13.8. The zero-order valence-corrected chi connectivity index (χ0v) is 11.3. The van der Waals surface area contributed by atoms with Gasteiger partial charge in [0.1, 0.15) is 0 Å². The molecule has 19 heavy (non-hydrogen) atoms. The molecular formula is C16H21F2N. The van der Waals surface area contributed by atoms with Crippen LogP contribution in [0.25, 0.3) is 0 Å². The maximum atomic E-state index is 13.8. The van der Waals surface area contributed by atoms with Gasteiger partial charge in [-0.2, -0.15) is 0 Å². The van der Waals surface area contributed by atoms with Crippen molar-refractivity contribution < 1.29 is 8.78 Å². The van der Waals surface area contributed by atoms with Crippen molar-refractivity contribution in [1.82, 2.24) is 5.32 Å². The Kier molecular flexibility index (Phi) is 3.34. The molecule has 2 atom stereocenters. The average Bonchev–Trinajstić information content (AvgIpc) is 2.63. The Bertz CT molecular complexity index is 425. The topological polar surface area (TPSA) is 12.0 Å². The van der Waals surface area contributed by atoms with E-state index in [1.807, 2.05) is 19.1 Å². The van der Waals surface area contributed by atoms with Gasteiger partial charge in [0.25, 0.3) is 6.43 Å². The molecule has 3 rings (SSSR count). The molecule has 0 saturated heterocycles. The summed E-state index contributed by atoms with van der Waals surface area (Å²) in [4.78, 5) is 0. The highest BCUT2D eigenvalue weighted by Gasteiger charge is 2.56. The molecule has 0 heterocycles. The third kappa shape index (κ3) is 1.90. The Morgan fingerprint density at radius 3 is 2.11 bits per heavy atom. The van der Waals surface area contributed by atoms with Crippen LogP contribution in [0.5, 0.6) is 0 Å². The van der Waals surface area contributed by atoms with E-state index in [0.717, 1.165) is 25.7 Å². The fraction of sp³-hybridized carbons (Fsp3) is 0.625. The van der Waals surface area contributed by atoms with Crippen LogP contribution in [0, 0.1) is 11.8 Å². The van der Waals surface area contributed by atoms with Crippen LogP contribution in [0.15, 0.2) is 24.3 Å². The predicted octanol–water partition coefficient (Wildman–Crippen LogP) is 3.42. The smallest absolute Gasteiger partial charge is 0.257 e. The average molecular weight is 265 g/mol. The lowest BCUT2D eigenvalue weighted by molar-refractivity contribution is -0.0173. The standard InChI is InChI=1S/C16H21F2N/c1-2-19-16(15(17)18)13-7-8-14(16)10-12-6-4-3-5-11(12)9-13/h3-6,13-15,19H,2,7-10H2,1H3. The van der Waals surface area contributed by atoms with Gasteiger partial charge in [-0.05, 0) is 55.2 Å². The summed E-state index contributed by atoms with van der Waals surface area (Å²) < 4.78 is 27.7. The van der Waals surface area contributed by atoms with Crippen LogP contribution in [0.2, 0.25) is 0 Å². The van der Waals surface area contributed by atoms with Gasteiger partial charge in [-0.3, -0.25) is 0 Å². The molecule has 2 bridgehead atoms. The first-order valence-electron chi connectivity index (χ1n) is 7.28. The molecule has 1 N–H and O–H groups in total. The van der Waals surface area contributed by atoms with E-state index < -0.39 is 12.0 Å². The molecule has 3 heteroatoms. The van der Waals surface area contributed by atoms with Crippen molar-refractivity contribution in [2.24, 2.45) is 11.8 Å². The molecule has 104 valence electrons. The third-order valence-electron chi connectivity index (χ3n) is 5.11. The summed E-state index contributed by atoms with van der Waals surface area (Å²) in [5.74, 6) is 0.141. The molecule has 0 aromatic heterocycles. The first-order chi connectivity index (χ1) is 9.18. The molecule has 2 unspecified atom stereocenters. The Labute approximate surface area is 113 Å². The Morgan fingerprint density at radius 1 is 1.16 bits per heavy atom. The van der Waals surface area contributed by atoms with Gasteiger partial charge in [0, 0.05) is 0 Å². The van der Waals surface area contributed by atoms with Crippen molar-refractivity contribution in [3.8, 4) is 0 Å². The minimum atomic E-state index is -2.28. The van der Waals surface area contributed by atoms with Crippen LogP contribution < -0.4 is 5.32 Å². The van der Waals surface area contributed by atoms with Gasteiger partial charge in [-0.25, -0.2) is 8.78 Å². The normalized spacial score (nSPS) is 33.3. The molecular weight excluding hydrogens is 244 g/mol. The molecule has 1 aromatic carbocycles. The Morgan fingerprint density at radius 2 is 1.68 bits per heavy atom. The van der Waals surface area contributed by atoms with Gasteiger partial charge >= 0.3 is 0 Å². The lowest BCUT2D eigenvalue weighted by atomic mass is 9.79. The number of benzene rings is 1. The zero-order valence-electron chi connectivity index (χ0n) is 11.3. The van der Waals surface area contributed by atoms with Crippen molar-refractivity contribution in [2.45, 2.75) is 44.6 Å². The number of alkyl halides is 2. The van der Waals surface area contributed by atoms with E-state index in [1.165, 1.54) is 11.1 Å². The summed E-state index contributed by atoms with van der Waals surface area (Å²) in [6.45, 7) is 2.55. The van der Waals surface area contributed by atoms with Gasteiger partial charge in [0.05, 0.1) is 5.54 Å². The molecule has 2 aliphatic carbocycles. The van der Waals surface area contributed by atoms with E-state index in [2.05, 4.69) is 17.4 Å². The first kappa shape index (κ1) is 13.0.